The van der Waals surface area contributed by atoms with Crippen molar-refractivity contribution in [1.82, 2.24) is 0 Å². The van der Waals surface area contributed by atoms with Crippen LogP contribution in [0.25, 0.3) is 0 Å². The van der Waals surface area contributed by atoms with Gasteiger partial charge in [-0.15, -0.1) is 11.6 Å². The van der Waals surface area contributed by atoms with Crippen LogP contribution in [-0.2, 0) is 5.88 Å². The number of hydrogen-bond acceptors (Lipinski definition) is 1. The molecule has 0 N–H and O–H groups in total. The van der Waals surface area contributed by atoms with Crippen LogP contribution in [0.1, 0.15) is 11.1 Å². The Balaban J connectivity index is 2.23. The summed E-state index contributed by atoms with van der Waals surface area (Å²) in [5.74, 6) is 2.00. The Kier molecular flexibility index (Phi) is 4.55. The second-order valence-electron chi connectivity index (χ2n) is 3.90. The van der Waals surface area contributed by atoms with Gasteiger partial charge in [0.2, 0.25) is 0 Å². The molecule has 0 saturated carbocycles. The van der Waals surface area contributed by atoms with Crippen molar-refractivity contribution in [3.8, 4) is 11.5 Å². The Morgan fingerprint density at radius 2 is 1.78 bits per heavy atom. The van der Waals surface area contributed by atoms with Gasteiger partial charge in [0.1, 0.15) is 11.5 Å². The van der Waals surface area contributed by atoms with Crippen LogP contribution < -0.4 is 4.74 Å². The maximum atomic E-state index is 5.97. The molecule has 2 aromatic rings. The van der Waals surface area contributed by atoms with Gasteiger partial charge in [0.05, 0.1) is 0 Å². The van der Waals surface area contributed by atoms with E-state index in [1.54, 1.807) is 0 Å². The summed E-state index contributed by atoms with van der Waals surface area (Å²) >= 11 is 15.2. The van der Waals surface area contributed by atoms with Crippen LogP contribution in [0.4, 0.5) is 0 Å². The van der Waals surface area contributed by atoms with Gasteiger partial charge in [-0.1, -0.05) is 33.6 Å². The minimum Gasteiger partial charge on any atom is -0.457 e. The molecule has 0 amide bonds. The molecule has 0 aromatic heterocycles. The number of hydrogen-bond donors (Lipinski definition) is 0. The lowest BCUT2D eigenvalue weighted by molar-refractivity contribution is 0.482. The van der Waals surface area contributed by atoms with E-state index in [1.807, 2.05) is 43.3 Å². The number of alkyl halides is 1. The van der Waals surface area contributed by atoms with Crippen LogP contribution in [0.2, 0.25) is 5.02 Å². The molecule has 0 fully saturated rings. The van der Waals surface area contributed by atoms with Crippen LogP contribution in [0.3, 0.4) is 0 Å². The summed E-state index contributed by atoms with van der Waals surface area (Å²) in [7, 11) is 0. The number of ether oxygens (including phenoxy) is 1. The van der Waals surface area contributed by atoms with Crippen molar-refractivity contribution in [2.75, 3.05) is 0 Å². The molecule has 0 radical (unpaired) electrons. The van der Waals surface area contributed by atoms with Crippen molar-refractivity contribution in [2.45, 2.75) is 12.8 Å². The van der Waals surface area contributed by atoms with Crippen molar-refractivity contribution >= 4 is 39.1 Å². The first-order chi connectivity index (χ1) is 8.60. The van der Waals surface area contributed by atoms with Gasteiger partial charge in [0.15, 0.2) is 0 Å². The van der Waals surface area contributed by atoms with Gasteiger partial charge in [-0.2, -0.15) is 0 Å². The van der Waals surface area contributed by atoms with Crippen LogP contribution in [-0.4, -0.2) is 0 Å². The summed E-state index contributed by atoms with van der Waals surface area (Å²) < 4.78 is 6.71. The van der Waals surface area contributed by atoms with Crippen molar-refractivity contribution in [3.63, 3.8) is 0 Å². The van der Waals surface area contributed by atoms with Crippen molar-refractivity contribution in [3.05, 3.63) is 57.0 Å². The maximum Gasteiger partial charge on any atom is 0.128 e. The first kappa shape index (κ1) is 13.7. The fourth-order valence-corrected chi connectivity index (χ4v) is 2.53. The van der Waals surface area contributed by atoms with Gasteiger partial charge in [-0.25, -0.2) is 0 Å². The van der Waals surface area contributed by atoms with Crippen molar-refractivity contribution < 1.29 is 4.74 Å². The van der Waals surface area contributed by atoms with E-state index in [0.29, 0.717) is 5.88 Å². The first-order valence-corrected chi connectivity index (χ1v) is 7.09. The molecule has 0 atom stereocenters. The Labute approximate surface area is 125 Å². The molecule has 2 aromatic carbocycles. The topological polar surface area (TPSA) is 9.23 Å². The van der Waals surface area contributed by atoms with Gasteiger partial charge in [-0.05, 0) is 48.4 Å². The molecule has 4 heteroatoms. The SMILES string of the molecule is Cc1cc(Oc2ccc(CCl)c(Br)c2)ccc1Cl. The van der Waals surface area contributed by atoms with Gasteiger partial charge >= 0.3 is 0 Å². The van der Waals surface area contributed by atoms with Gasteiger partial charge in [0, 0.05) is 15.4 Å². The molecule has 0 aliphatic carbocycles. The van der Waals surface area contributed by atoms with Crippen molar-refractivity contribution in [1.29, 1.82) is 0 Å². The lowest BCUT2D eigenvalue weighted by Crippen LogP contribution is -1.87. The Morgan fingerprint density at radius 1 is 1.11 bits per heavy atom. The van der Waals surface area contributed by atoms with E-state index in [-0.39, 0.29) is 0 Å². The average Bonchev–Trinajstić information content (AvgIpc) is 2.34. The molecular weight excluding hydrogens is 335 g/mol. The maximum absolute atomic E-state index is 5.97. The van der Waals surface area contributed by atoms with E-state index in [0.717, 1.165) is 32.1 Å². The van der Waals surface area contributed by atoms with Gasteiger partial charge in [-0.3, -0.25) is 0 Å². The first-order valence-electron chi connectivity index (χ1n) is 5.38. The summed E-state index contributed by atoms with van der Waals surface area (Å²) in [6, 6.07) is 11.3. The largest absolute Gasteiger partial charge is 0.457 e. The predicted octanol–water partition coefficient (Wildman–Crippen LogP) is 5.94. The second kappa shape index (κ2) is 5.96. The average molecular weight is 346 g/mol. The normalized spacial score (nSPS) is 10.4. The molecule has 0 unspecified atom stereocenters. The number of benzene rings is 2. The molecule has 0 aliphatic rings. The highest BCUT2D eigenvalue weighted by molar-refractivity contribution is 9.10. The van der Waals surface area contributed by atoms with Crippen LogP contribution in [0, 0.1) is 6.92 Å². The van der Waals surface area contributed by atoms with Gasteiger partial charge < -0.3 is 4.74 Å². The summed E-state index contributed by atoms with van der Waals surface area (Å²) in [5.41, 5.74) is 2.03. The van der Waals surface area contributed by atoms with E-state index in [9.17, 15) is 0 Å². The molecule has 0 saturated heterocycles. The minimum absolute atomic E-state index is 0.473. The van der Waals surface area contributed by atoms with Crippen LogP contribution in [0.15, 0.2) is 40.9 Å². The van der Waals surface area contributed by atoms with Crippen LogP contribution in [0.5, 0.6) is 11.5 Å². The highest BCUT2D eigenvalue weighted by Gasteiger charge is 2.04. The van der Waals surface area contributed by atoms with E-state index in [4.69, 9.17) is 27.9 Å². The standard InChI is InChI=1S/C14H11BrCl2O/c1-9-6-11(4-5-14(9)17)18-12-3-2-10(8-16)13(15)7-12/h2-7H,8H2,1H3. The third-order valence-corrected chi connectivity index (χ3v) is 3.98. The van der Waals surface area contributed by atoms with Crippen LogP contribution >= 0.6 is 39.1 Å². The zero-order valence-electron chi connectivity index (χ0n) is 9.71. The number of rotatable bonds is 3. The third kappa shape index (κ3) is 3.19. The van der Waals surface area contributed by atoms with E-state index < -0.39 is 0 Å². The molecule has 0 heterocycles. The molecule has 0 aliphatic heterocycles. The fraction of sp³-hybridized carbons (Fsp3) is 0.143. The fourth-order valence-electron chi connectivity index (χ4n) is 1.52. The molecule has 2 rings (SSSR count). The molecular formula is C14H11BrCl2O. The molecule has 0 bridgehead atoms. The number of aryl methyl sites for hydroxylation is 1. The smallest absolute Gasteiger partial charge is 0.128 e. The molecule has 18 heavy (non-hydrogen) atoms. The summed E-state index contributed by atoms with van der Waals surface area (Å²) in [6.45, 7) is 1.95. The van der Waals surface area contributed by atoms with E-state index in [2.05, 4.69) is 15.9 Å². The molecule has 1 nitrogen and oxygen atoms in total. The zero-order valence-corrected chi connectivity index (χ0v) is 12.8. The lowest BCUT2D eigenvalue weighted by Gasteiger charge is -2.09. The second-order valence-corrected chi connectivity index (χ2v) is 5.43. The highest BCUT2D eigenvalue weighted by atomic mass is 79.9. The third-order valence-electron chi connectivity index (χ3n) is 2.53. The summed E-state index contributed by atoms with van der Waals surface area (Å²) in [6.07, 6.45) is 0. The van der Waals surface area contributed by atoms with Gasteiger partial charge in [0.25, 0.3) is 0 Å². The minimum atomic E-state index is 0.473. The predicted molar refractivity (Wildman–Crippen MR) is 80.0 cm³/mol. The van der Waals surface area contributed by atoms with Crippen molar-refractivity contribution in [2.24, 2.45) is 0 Å². The lowest BCUT2D eigenvalue weighted by atomic mass is 10.2. The molecule has 0 spiro atoms. The number of halogens is 3. The Morgan fingerprint density at radius 3 is 2.39 bits per heavy atom. The highest BCUT2D eigenvalue weighted by Crippen LogP contribution is 2.29. The Hall–Kier alpha value is -0.700. The van der Waals surface area contributed by atoms with E-state index >= 15 is 0 Å². The molecule has 94 valence electrons. The quantitative estimate of drug-likeness (QED) is 0.625. The summed E-state index contributed by atoms with van der Waals surface area (Å²) in [5, 5.41) is 0.737. The monoisotopic (exact) mass is 344 g/mol. The van der Waals surface area contributed by atoms with E-state index in [1.165, 1.54) is 0 Å². The summed E-state index contributed by atoms with van der Waals surface area (Å²) in [4.78, 5) is 0. The Bertz CT molecular complexity index is 570. The zero-order chi connectivity index (χ0) is 13.1.